The fraction of sp³-hybridized carbons (Fsp3) is 0.208. The zero-order chi connectivity index (χ0) is 24.4. The van der Waals surface area contributed by atoms with Crippen LogP contribution in [0.25, 0.3) is 0 Å². The fourth-order valence-electron chi connectivity index (χ4n) is 3.16. The van der Waals surface area contributed by atoms with E-state index in [1.165, 1.54) is 48.5 Å². The molecule has 0 aromatic heterocycles. The molecule has 0 aliphatic rings. The molecule has 1 amide bonds. The number of benzene rings is 3. The van der Waals surface area contributed by atoms with Gasteiger partial charge in [-0.3, -0.25) is 9.52 Å². The van der Waals surface area contributed by atoms with Crippen LogP contribution in [0.5, 0.6) is 0 Å². The summed E-state index contributed by atoms with van der Waals surface area (Å²) in [6.07, 6.45) is 0. The fourth-order valence-corrected chi connectivity index (χ4v) is 5.42. The maximum atomic E-state index is 12.8. The third-order valence-electron chi connectivity index (χ3n) is 5.21. The third-order valence-corrected chi connectivity index (χ3v) is 8.74. The zero-order valence-corrected chi connectivity index (χ0v) is 20.4. The van der Waals surface area contributed by atoms with Gasteiger partial charge >= 0.3 is 0 Å². The summed E-state index contributed by atoms with van der Waals surface area (Å²) in [5, 5.41) is 2.12. The number of aryl methyl sites for hydroxylation is 2. The predicted octanol–water partition coefficient (Wildman–Crippen LogP) is 4.54. The van der Waals surface area contributed by atoms with E-state index in [4.69, 9.17) is 0 Å². The van der Waals surface area contributed by atoms with Crippen molar-refractivity contribution in [3.05, 3.63) is 83.4 Å². The smallest absolute Gasteiger partial charge is 0.261 e. The van der Waals surface area contributed by atoms with Crippen molar-refractivity contribution in [3.8, 4) is 0 Å². The van der Waals surface area contributed by atoms with Crippen LogP contribution >= 0.6 is 0 Å². The van der Waals surface area contributed by atoms with Crippen LogP contribution < -0.4 is 10.0 Å². The van der Waals surface area contributed by atoms with Gasteiger partial charge in [-0.25, -0.2) is 16.8 Å². The molecule has 0 radical (unpaired) electrons. The van der Waals surface area contributed by atoms with Gasteiger partial charge in [-0.1, -0.05) is 18.2 Å². The SMILES string of the molecule is Cc1cccc(C)c1NS(=O)(=O)c1ccc(NC(=O)c2ccc(S(=O)(=O)C(C)C)cc2)cc1. The molecule has 0 spiro atoms. The summed E-state index contributed by atoms with van der Waals surface area (Å²) in [6, 6.07) is 17.0. The van der Waals surface area contributed by atoms with E-state index < -0.39 is 31.0 Å². The number of hydrogen-bond acceptors (Lipinski definition) is 5. The van der Waals surface area contributed by atoms with Crippen molar-refractivity contribution >= 4 is 37.1 Å². The minimum atomic E-state index is -3.80. The quantitative estimate of drug-likeness (QED) is 0.510. The summed E-state index contributed by atoms with van der Waals surface area (Å²) >= 11 is 0. The highest BCUT2D eigenvalue weighted by molar-refractivity contribution is 7.92. The molecule has 3 aromatic carbocycles. The summed E-state index contributed by atoms with van der Waals surface area (Å²) in [6.45, 7) is 6.84. The molecule has 3 aromatic rings. The molecule has 0 unspecified atom stereocenters. The standard InChI is InChI=1S/C24H26N2O5S2/c1-16(2)32(28,29)21-12-8-19(9-13-21)24(27)25-20-10-14-22(15-11-20)33(30,31)26-23-17(3)6-5-7-18(23)4/h5-16,26H,1-4H3,(H,25,27). The zero-order valence-electron chi connectivity index (χ0n) is 18.8. The van der Waals surface area contributed by atoms with E-state index in [1.54, 1.807) is 13.8 Å². The molecule has 0 bridgehead atoms. The van der Waals surface area contributed by atoms with Crippen molar-refractivity contribution < 1.29 is 21.6 Å². The first-order valence-electron chi connectivity index (χ1n) is 10.3. The first kappa shape index (κ1) is 24.5. The Morgan fingerprint density at radius 1 is 0.758 bits per heavy atom. The van der Waals surface area contributed by atoms with Crippen LogP contribution in [0.3, 0.4) is 0 Å². The van der Waals surface area contributed by atoms with Crippen LogP contribution in [0.4, 0.5) is 11.4 Å². The van der Waals surface area contributed by atoms with E-state index in [1.807, 2.05) is 32.0 Å². The van der Waals surface area contributed by atoms with E-state index in [-0.39, 0.29) is 15.4 Å². The average Bonchev–Trinajstić information content (AvgIpc) is 2.77. The highest BCUT2D eigenvalue weighted by Gasteiger charge is 2.20. The second-order valence-corrected chi connectivity index (χ2v) is 12.2. The predicted molar refractivity (Wildman–Crippen MR) is 130 cm³/mol. The van der Waals surface area contributed by atoms with Crippen molar-refractivity contribution in [2.45, 2.75) is 42.7 Å². The lowest BCUT2D eigenvalue weighted by atomic mass is 10.1. The van der Waals surface area contributed by atoms with Crippen molar-refractivity contribution in [1.29, 1.82) is 0 Å². The molecule has 0 saturated carbocycles. The number of nitrogens with one attached hydrogen (secondary N) is 2. The monoisotopic (exact) mass is 486 g/mol. The summed E-state index contributed by atoms with van der Waals surface area (Å²) in [5.74, 6) is -0.437. The maximum Gasteiger partial charge on any atom is 0.261 e. The van der Waals surface area contributed by atoms with Gasteiger partial charge in [0.15, 0.2) is 9.84 Å². The van der Waals surface area contributed by atoms with Gasteiger partial charge in [-0.05, 0) is 87.4 Å². The van der Waals surface area contributed by atoms with Gasteiger partial charge in [0.25, 0.3) is 15.9 Å². The molecule has 3 rings (SSSR count). The lowest BCUT2D eigenvalue weighted by Crippen LogP contribution is -2.16. The highest BCUT2D eigenvalue weighted by Crippen LogP contribution is 2.24. The summed E-state index contributed by atoms with van der Waals surface area (Å²) in [5.41, 5.74) is 2.86. The van der Waals surface area contributed by atoms with Gasteiger partial charge in [-0.15, -0.1) is 0 Å². The molecule has 0 atom stereocenters. The van der Waals surface area contributed by atoms with Crippen LogP contribution in [0.2, 0.25) is 0 Å². The van der Waals surface area contributed by atoms with Crippen molar-refractivity contribution in [2.24, 2.45) is 0 Å². The number of hydrogen-bond donors (Lipinski definition) is 2. The van der Waals surface area contributed by atoms with E-state index in [0.717, 1.165) is 11.1 Å². The number of carbonyl (C=O) groups excluding carboxylic acids is 1. The molecular formula is C24H26N2O5S2. The number of para-hydroxylation sites is 1. The Bertz CT molecular complexity index is 1360. The molecule has 0 saturated heterocycles. The van der Waals surface area contributed by atoms with E-state index in [0.29, 0.717) is 11.4 Å². The van der Waals surface area contributed by atoms with Gasteiger partial charge in [-0.2, -0.15) is 0 Å². The van der Waals surface area contributed by atoms with Crippen LogP contribution in [-0.2, 0) is 19.9 Å². The van der Waals surface area contributed by atoms with E-state index in [9.17, 15) is 21.6 Å². The Labute approximate surface area is 194 Å². The van der Waals surface area contributed by atoms with E-state index in [2.05, 4.69) is 10.0 Å². The Balaban J connectivity index is 1.73. The van der Waals surface area contributed by atoms with Gasteiger partial charge in [0.1, 0.15) is 0 Å². The van der Waals surface area contributed by atoms with Gasteiger partial charge in [0.2, 0.25) is 0 Å². The summed E-state index contributed by atoms with van der Waals surface area (Å²) in [7, 11) is -7.22. The first-order chi connectivity index (χ1) is 15.4. The molecule has 0 fully saturated rings. The summed E-state index contributed by atoms with van der Waals surface area (Å²) in [4.78, 5) is 12.7. The van der Waals surface area contributed by atoms with Crippen molar-refractivity contribution in [1.82, 2.24) is 0 Å². The second kappa shape index (κ2) is 9.36. The van der Waals surface area contributed by atoms with Crippen LogP contribution in [0.15, 0.2) is 76.5 Å². The summed E-state index contributed by atoms with van der Waals surface area (Å²) < 4.78 is 52.6. The van der Waals surface area contributed by atoms with Crippen molar-refractivity contribution in [2.75, 3.05) is 10.0 Å². The van der Waals surface area contributed by atoms with Gasteiger partial charge in [0, 0.05) is 11.3 Å². The second-order valence-electron chi connectivity index (χ2n) is 7.97. The van der Waals surface area contributed by atoms with Crippen LogP contribution in [0.1, 0.15) is 35.3 Å². The molecular weight excluding hydrogens is 460 g/mol. The number of sulfonamides is 1. The van der Waals surface area contributed by atoms with Gasteiger partial charge < -0.3 is 5.32 Å². The molecule has 0 aliphatic carbocycles. The Morgan fingerprint density at radius 3 is 1.79 bits per heavy atom. The Kier molecular flexibility index (Phi) is 6.94. The molecule has 7 nitrogen and oxygen atoms in total. The number of carbonyl (C=O) groups is 1. The number of sulfone groups is 1. The first-order valence-corrected chi connectivity index (χ1v) is 13.3. The van der Waals surface area contributed by atoms with Crippen LogP contribution in [-0.4, -0.2) is 28.0 Å². The minimum Gasteiger partial charge on any atom is -0.322 e. The maximum absolute atomic E-state index is 12.8. The number of anilines is 2. The van der Waals surface area contributed by atoms with Crippen molar-refractivity contribution in [3.63, 3.8) is 0 Å². The number of rotatable bonds is 7. The average molecular weight is 487 g/mol. The minimum absolute atomic E-state index is 0.0615. The topological polar surface area (TPSA) is 109 Å². The molecule has 174 valence electrons. The molecule has 0 heterocycles. The van der Waals surface area contributed by atoms with Crippen LogP contribution in [0, 0.1) is 13.8 Å². The van der Waals surface area contributed by atoms with Gasteiger partial charge in [0.05, 0.1) is 20.7 Å². The number of amides is 1. The lowest BCUT2D eigenvalue weighted by Gasteiger charge is -2.13. The lowest BCUT2D eigenvalue weighted by molar-refractivity contribution is 0.102. The van der Waals surface area contributed by atoms with E-state index >= 15 is 0 Å². The normalized spacial score (nSPS) is 11.9. The Morgan fingerprint density at radius 2 is 1.27 bits per heavy atom. The Hall–Kier alpha value is -3.17. The molecule has 0 aliphatic heterocycles. The molecule has 2 N–H and O–H groups in total. The third kappa shape index (κ3) is 5.43. The largest absolute Gasteiger partial charge is 0.322 e. The highest BCUT2D eigenvalue weighted by atomic mass is 32.2. The molecule has 9 heteroatoms. The molecule has 33 heavy (non-hydrogen) atoms.